The smallest absolute Gasteiger partial charge is 0.179 e. The first kappa shape index (κ1) is 9.93. The topological polar surface area (TPSA) is 39.4 Å². The van der Waals surface area contributed by atoms with Crippen molar-refractivity contribution in [1.29, 1.82) is 0 Å². The van der Waals surface area contributed by atoms with Crippen LogP contribution in [-0.2, 0) is 4.74 Å². The van der Waals surface area contributed by atoms with Crippen LogP contribution in [0.15, 0.2) is 21.4 Å². The number of carbonyl (C=O) groups excluding carboxylic acids is 1. The van der Waals surface area contributed by atoms with Gasteiger partial charge in [0.15, 0.2) is 10.5 Å². The lowest BCUT2D eigenvalue weighted by molar-refractivity contribution is 0.0544. The summed E-state index contributed by atoms with van der Waals surface area (Å²) >= 11 is 3.21. The molecule has 0 aromatic carbocycles. The van der Waals surface area contributed by atoms with Gasteiger partial charge in [-0.15, -0.1) is 0 Å². The molecule has 3 nitrogen and oxygen atoms in total. The van der Waals surface area contributed by atoms with Crippen molar-refractivity contribution in [3.63, 3.8) is 0 Å². The highest BCUT2D eigenvalue weighted by Crippen LogP contribution is 2.25. The molecule has 1 aromatic rings. The van der Waals surface area contributed by atoms with Gasteiger partial charge in [0.05, 0.1) is 11.8 Å². The number of hydrogen-bond donors (Lipinski definition) is 0. The average Bonchev–Trinajstić information content (AvgIpc) is 2.65. The number of Topliss-reactive ketones (excluding diaryl/α,β-unsaturated/α-hetero) is 1. The first-order valence-corrected chi connectivity index (χ1v) is 5.43. The highest BCUT2D eigenvalue weighted by atomic mass is 79.9. The molecule has 0 atom stereocenters. The molecule has 0 radical (unpaired) electrons. The molecule has 1 fully saturated rings. The summed E-state index contributed by atoms with van der Waals surface area (Å²) in [5.74, 6) is 0.256. The molecule has 1 aliphatic heterocycles. The molecular weight excluding hydrogens is 248 g/mol. The standard InChI is InChI=1S/C10H11BrO3/c11-10-8(3-6-14-10)9(12)7-1-4-13-5-2-7/h3,6-7H,1-2,4-5H2. The molecule has 0 unspecified atom stereocenters. The minimum atomic E-state index is 0.0950. The van der Waals surface area contributed by atoms with Crippen LogP contribution in [0, 0.1) is 5.92 Å². The van der Waals surface area contributed by atoms with Gasteiger partial charge in [-0.1, -0.05) is 0 Å². The van der Waals surface area contributed by atoms with E-state index >= 15 is 0 Å². The summed E-state index contributed by atoms with van der Waals surface area (Å²) in [6.45, 7) is 1.37. The molecule has 0 N–H and O–H groups in total. The summed E-state index contributed by atoms with van der Waals surface area (Å²) < 4.78 is 10.8. The number of hydrogen-bond acceptors (Lipinski definition) is 3. The van der Waals surface area contributed by atoms with Gasteiger partial charge in [0.1, 0.15) is 0 Å². The summed E-state index contributed by atoms with van der Waals surface area (Å²) in [5, 5.41) is 0. The largest absolute Gasteiger partial charge is 0.457 e. The molecule has 1 saturated heterocycles. The van der Waals surface area contributed by atoms with E-state index in [9.17, 15) is 4.79 Å². The zero-order chi connectivity index (χ0) is 9.97. The van der Waals surface area contributed by atoms with Crippen molar-refractivity contribution in [3.05, 3.63) is 22.6 Å². The van der Waals surface area contributed by atoms with Gasteiger partial charge >= 0.3 is 0 Å². The summed E-state index contributed by atoms with van der Waals surface area (Å²) in [4.78, 5) is 11.9. The van der Waals surface area contributed by atoms with E-state index in [1.54, 1.807) is 6.07 Å². The number of ketones is 1. The van der Waals surface area contributed by atoms with Gasteiger partial charge in [-0.3, -0.25) is 4.79 Å². The second-order valence-electron chi connectivity index (χ2n) is 3.36. The zero-order valence-electron chi connectivity index (χ0n) is 7.66. The molecule has 0 amide bonds. The Morgan fingerprint density at radius 1 is 1.43 bits per heavy atom. The molecule has 2 rings (SSSR count). The maximum Gasteiger partial charge on any atom is 0.179 e. The Balaban J connectivity index is 2.11. The summed E-state index contributed by atoms with van der Waals surface area (Å²) in [6.07, 6.45) is 3.16. The van der Waals surface area contributed by atoms with Crippen molar-refractivity contribution in [2.45, 2.75) is 12.8 Å². The number of halogens is 1. The molecule has 1 aromatic heterocycles. The second-order valence-corrected chi connectivity index (χ2v) is 4.08. The molecule has 0 spiro atoms. The van der Waals surface area contributed by atoms with Crippen LogP contribution in [0.4, 0.5) is 0 Å². The minimum Gasteiger partial charge on any atom is -0.457 e. The van der Waals surface area contributed by atoms with E-state index in [0.717, 1.165) is 12.8 Å². The van der Waals surface area contributed by atoms with E-state index < -0.39 is 0 Å². The van der Waals surface area contributed by atoms with Gasteiger partial charge in [0.25, 0.3) is 0 Å². The van der Waals surface area contributed by atoms with Gasteiger partial charge in [-0.2, -0.15) is 0 Å². The number of rotatable bonds is 2. The Labute approximate surface area is 90.6 Å². The molecule has 76 valence electrons. The van der Waals surface area contributed by atoms with Crippen LogP contribution in [0.25, 0.3) is 0 Å². The number of ether oxygens (including phenoxy) is 1. The van der Waals surface area contributed by atoms with Gasteiger partial charge in [0, 0.05) is 19.1 Å². The summed E-state index contributed by atoms with van der Waals surface area (Å²) in [5.41, 5.74) is 0.650. The molecule has 0 bridgehead atoms. The van der Waals surface area contributed by atoms with Crippen LogP contribution in [0.3, 0.4) is 0 Å². The van der Waals surface area contributed by atoms with Crippen LogP contribution in [-0.4, -0.2) is 19.0 Å². The van der Waals surface area contributed by atoms with E-state index in [1.165, 1.54) is 6.26 Å². The third-order valence-corrected chi connectivity index (χ3v) is 3.09. The fourth-order valence-corrected chi connectivity index (χ4v) is 2.08. The monoisotopic (exact) mass is 258 g/mol. The summed E-state index contributed by atoms with van der Waals surface area (Å²) in [6, 6.07) is 1.71. The van der Waals surface area contributed by atoms with E-state index in [4.69, 9.17) is 9.15 Å². The molecular formula is C10H11BrO3. The van der Waals surface area contributed by atoms with E-state index in [2.05, 4.69) is 15.9 Å². The molecule has 2 heterocycles. The van der Waals surface area contributed by atoms with E-state index in [-0.39, 0.29) is 11.7 Å². The lowest BCUT2D eigenvalue weighted by Gasteiger charge is -2.20. The minimum absolute atomic E-state index is 0.0950. The van der Waals surface area contributed by atoms with Crippen LogP contribution >= 0.6 is 15.9 Å². The quantitative estimate of drug-likeness (QED) is 0.766. The predicted octanol–water partition coefficient (Wildman–Crippen LogP) is 2.65. The Bertz CT molecular complexity index is 326. The van der Waals surface area contributed by atoms with Crippen molar-refractivity contribution in [1.82, 2.24) is 0 Å². The fourth-order valence-electron chi connectivity index (χ4n) is 1.65. The highest BCUT2D eigenvalue weighted by Gasteiger charge is 2.25. The van der Waals surface area contributed by atoms with Crippen molar-refractivity contribution in [3.8, 4) is 0 Å². The number of carbonyl (C=O) groups is 1. The van der Waals surface area contributed by atoms with Gasteiger partial charge in [0.2, 0.25) is 0 Å². The highest BCUT2D eigenvalue weighted by molar-refractivity contribution is 9.10. The Kier molecular flexibility index (Phi) is 3.03. The molecule has 0 saturated carbocycles. The van der Waals surface area contributed by atoms with Crippen LogP contribution < -0.4 is 0 Å². The first-order valence-electron chi connectivity index (χ1n) is 4.64. The lowest BCUT2D eigenvalue weighted by atomic mass is 9.92. The summed E-state index contributed by atoms with van der Waals surface area (Å²) in [7, 11) is 0. The second kappa shape index (κ2) is 4.28. The Hall–Kier alpha value is -0.610. The van der Waals surface area contributed by atoms with Crippen LogP contribution in [0.2, 0.25) is 0 Å². The average molecular weight is 259 g/mol. The Morgan fingerprint density at radius 3 is 2.71 bits per heavy atom. The van der Waals surface area contributed by atoms with Gasteiger partial charge < -0.3 is 9.15 Å². The maximum absolute atomic E-state index is 11.9. The third-order valence-electron chi connectivity index (χ3n) is 2.48. The third kappa shape index (κ3) is 1.91. The molecule has 4 heteroatoms. The number of furan rings is 1. The van der Waals surface area contributed by atoms with Crippen molar-refractivity contribution in [2.24, 2.45) is 5.92 Å². The lowest BCUT2D eigenvalue weighted by Crippen LogP contribution is -2.23. The normalized spacial score (nSPS) is 18.4. The molecule has 14 heavy (non-hydrogen) atoms. The predicted molar refractivity (Wildman–Crippen MR) is 54.3 cm³/mol. The molecule has 0 aliphatic carbocycles. The zero-order valence-corrected chi connectivity index (χ0v) is 9.25. The Morgan fingerprint density at radius 2 is 2.14 bits per heavy atom. The first-order chi connectivity index (χ1) is 6.79. The van der Waals surface area contributed by atoms with Gasteiger partial charge in [-0.25, -0.2) is 0 Å². The van der Waals surface area contributed by atoms with Crippen LogP contribution in [0.5, 0.6) is 0 Å². The van der Waals surface area contributed by atoms with Crippen molar-refractivity contribution >= 4 is 21.7 Å². The SMILES string of the molecule is O=C(c1ccoc1Br)C1CCOCC1. The van der Waals surface area contributed by atoms with Crippen molar-refractivity contribution < 1.29 is 13.9 Å². The fraction of sp³-hybridized carbons (Fsp3) is 0.500. The van der Waals surface area contributed by atoms with Crippen LogP contribution in [0.1, 0.15) is 23.2 Å². The molecule has 1 aliphatic rings. The maximum atomic E-state index is 11.9. The van der Waals surface area contributed by atoms with Crippen molar-refractivity contribution in [2.75, 3.05) is 13.2 Å². The van der Waals surface area contributed by atoms with E-state index in [1.807, 2.05) is 0 Å². The van der Waals surface area contributed by atoms with Gasteiger partial charge in [-0.05, 0) is 34.8 Å². The van der Waals surface area contributed by atoms with E-state index in [0.29, 0.717) is 23.4 Å².